The van der Waals surface area contributed by atoms with Gasteiger partial charge in [0.1, 0.15) is 0 Å². The number of aliphatic hydroxyl groups is 1. The second kappa shape index (κ2) is 9.27. The van der Waals surface area contributed by atoms with Crippen LogP contribution in [0.3, 0.4) is 0 Å². The largest absolute Gasteiger partial charge is 0.390 e. The van der Waals surface area contributed by atoms with Gasteiger partial charge in [0.25, 0.3) is 0 Å². The second-order valence-corrected chi connectivity index (χ2v) is 9.03. The number of ether oxygens (including phenoxy) is 1. The molecule has 0 saturated heterocycles. The van der Waals surface area contributed by atoms with Gasteiger partial charge in [0.05, 0.1) is 49.2 Å². The Labute approximate surface area is 188 Å². The van der Waals surface area contributed by atoms with Crippen molar-refractivity contribution in [3.05, 3.63) is 30.4 Å². The predicted molar refractivity (Wildman–Crippen MR) is 121 cm³/mol. The molecule has 1 aliphatic carbocycles. The first kappa shape index (κ1) is 22.2. The Hall–Kier alpha value is -2.96. The Morgan fingerprint density at radius 1 is 1.38 bits per heavy atom. The van der Waals surface area contributed by atoms with Crippen molar-refractivity contribution in [2.75, 3.05) is 19.0 Å². The highest BCUT2D eigenvalue weighted by Gasteiger charge is 2.31. The van der Waals surface area contributed by atoms with Gasteiger partial charge in [0.15, 0.2) is 0 Å². The van der Waals surface area contributed by atoms with E-state index in [-0.39, 0.29) is 6.04 Å². The summed E-state index contributed by atoms with van der Waals surface area (Å²) in [5.74, 6) is 0.863. The number of methoxy groups -OCH3 is 1. The van der Waals surface area contributed by atoms with Gasteiger partial charge in [0, 0.05) is 42.1 Å². The number of aromatic nitrogens is 5. The smallest absolute Gasteiger partial charge is 0.241 e. The number of rotatable bonds is 8. The Bertz CT molecular complexity index is 1100. The quantitative estimate of drug-likeness (QED) is 0.555. The fourth-order valence-corrected chi connectivity index (χ4v) is 4.44. The molecule has 0 unspecified atom stereocenters. The van der Waals surface area contributed by atoms with E-state index in [1.165, 1.54) is 0 Å². The van der Waals surface area contributed by atoms with E-state index < -0.39 is 5.60 Å². The van der Waals surface area contributed by atoms with Gasteiger partial charge in [-0.2, -0.15) is 10.4 Å². The molecule has 9 nitrogen and oxygen atoms in total. The Morgan fingerprint density at radius 3 is 2.88 bits per heavy atom. The molecule has 0 bridgehead atoms. The molecule has 170 valence electrons. The number of nitrogens with zero attached hydrogens (tertiary/aromatic N) is 6. The second-order valence-electron chi connectivity index (χ2n) is 9.03. The summed E-state index contributed by atoms with van der Waals surface area (Å²) in [6.07, 6.45) is 9.42. The lowest BCUT2D eigenvalue weighted by atomic mass is 9.78. The van der Waals surface area contributed by atoms with Gasteiger partial charge in [-0.25, -0.2) is 9.50 Å². The third-order valence-electron chi connectivity index (χ3n) is 6.21. The van der Waals surface area contributed by atoms with Crippen LogP contribution >= 0.6 is 0 Å². The molecule has 0 aromatic carbocycles. The van der Waals surface area contributed by atoms with Crippen LogP contribution in [0.1, 0.15) is 57.6 Å². The van der Waals surface area contributed by atoms with Crippen LogP contribution in [0.5, 0.6) is 0 Å². The van der Waals surface area contributed by atoms with Crippen molar-refractivity contribution < 1.29 is 9.84 Å². The van der Waals surface area contributed by atoms with E-state index in [4.69, 9.17) is 15.1 Å². The van der Waals surface area contributed by atoms with Crippen molar-refractivity contribution in [1.29, 1.82) is 5.26 Å². The lowest BCUT2D eigenvalue weighted by Gasteiger charge is -2.32. The number of nitrogens with one attached hydrogen (secondary N) is 1. The average Bonchev–Trinajstić information content (AvgIpc) is 3.37. The SMILES string of the molecule is COC[C@H](C)Nc1ncc2c(-c3cnn(CCC#N)c3)cc([C@H]3CC[C@](C)(O)CC3)n2n1. The Morgan fingerprint density at radius 2 is 2.16 bits per heavy atom. The number of fused-ring (bicyclic) bond motifs is 1. The van der Waals surface area contributed by atoms with Crippen molar-refractivity contribution in [3.63, 3.8) is 0 Å². The number of hydrogen-bond donors (Lipinski definition) is 2. The van der Waals surface area contributed by atoms with E-state index in [9.17, 15) is 5.11 Å². The molecule has 1 saturated carbocycles. The maximum Gasteiger partial charge on any atom is 0.241 e. The zero-order chi connectivity index (χ0) is 22.7. The van der Waals surface area contributed by atoms with Crippen molar-refractivity contribution in [2.24, 2.45) is 0 Å². The first-order valence-electron chi connectivity index (χ1n) is 11.2. The minimum atomic E-state index is -0.592. The number of anilines is 1. The third-order valence-corrected chi connectivity index (χ3v) is 6.21. The van der Waals surface area contributed by atoms with Crippen LogP contribution in [-0.4, -0.2) is 54.8 Å². The fourth-order valence-electron chi connectivity index (χ4n) is 4.44. The summed E-state index contributed by atoms with van der Waals surface area (Å²) in [5, 5.41) is 31.8. The molecule has 0 spiro atoms. The molecule has 3 aromatic rings. The monoisotopic (exact) mass is 437 g/mol. The van der Waals surface area contributed by atoms with Crippen LogP contribution in [0.2, 0.25) is 0 Å². The standard InChI is InChI=1S/C23H31N7O2/c1-16(15-32-3)27-22-25-13-21-19(18-12-26-29(14-18)10-4-9-24)11-20(30(21)28-22)17-5-7-23(2,31)8-6-17/h11-14,16-17,31H,4-8,10,15H2,1-3H3,(H,27,28)/t16-,17-,23-/m0/s1. The molecule has 9 heteroatoms. The molecule has 1 fully saturated rings. The van der Waals surface area contributed by atoms with Crippen molar-refractivity contribution in [1.82, 2.24) is 24.4 Å². The highest BCUT2D eigenvalue weighted by Crippen LogP contribution is 2.40. The van der Waals surface area contributed by atoms with Gasteiger partial charge >= 0.3 is 0 Å². The molecule has 1 atom stereocenters. The lowest BCUT2D eigenvalue weighted by Crippen LogP contribution is -2.30. The Balaban J connectivity index is 1.72. The summed E-state index contributed by atoms with van der Waals surface area (Å²) >= 11 is 0. The fraction of sp³-hybridized carbons (Fsp3) is 0.565. The minimum Gasteiger partial charge on any atom is -0.390 e. The summed E-state index contributed by atoms with van der Waals surface area (Å²) in [6, 6.07) is 4.42. The van der Waals surface area contributed by atoms with Crippen LogP contribution in [0.15, 0.2) is 24.7 Å². The molecule has 0 amide bonds. The molecule has 4 rings (SSSR count). The van der Waals surface area contributed by atoms with Gasteiger partial charge in [-0.1, -0.05) is 0 Å². The molecule has 32 heavy (non-hydrogen) atoms. The van der Waals surface area contributed by atoms with Crippen molar-refractivity contribution in [3.8, 4) is 17.2 Å². The molecule has 3 heterocycles. The van der Waals surface area contributed by atoms with Gasteiger partial charge in [-0.15, -0.1) is 5.10 Å². The first-order chi connectivity index (χ1) is 15.4. The Kier molecular flexibility index (Phi) is 6.44. The molecule has 2 N–H and O–H groups in total. The van der Waals surface area contributed by atoms with Crippen LogP contribution in [0.4, 0.5) is 5.95 Å². The van der Waals surface area contributed by atoms with Crippen LogP contribution < -0.4 is 5.32 Å². The van der Waals surface area contributed by atoms with Crippen LogP contribution in [0.25, 0.3) is 16.6 Å². The van der Waals surface area contributed by atoms with Crippen molar-refractivity contribution in [2.45, 2.75) is 70.1 Å². The van der Waals surface area contributed by atoms with E-state index in [0.29, 0.717) is 31.4 Å². The van der Waals surface area contributed by atoms with Crippen LogP contribution in [0, 0.1) is 11.3 Å². The van der Waals surface area contributed by atoms with E-state index in [1.807, 2.05) is 37.0 Å². The molecular weight excluding hydrogens is 406 g/mol. The zero-order valence-electron chi connectivity index (χ0n) is 19.0. The van der Waals surface area contributed by atoms with Crippen molar-refractivity contribution >= 4 is 11.5 Å². The van der Waals surface area contributed by atoms with E-state index >= 15 is 0 Å². The summed E-state index contributed by atoms with van der Waals surface area (Å²) < 4.78 is 9.00. The van der Waals surface area contributed by atoms with Gasteiger partial charge < -0.3 is 15.2 Å². The van der Waals surface area contributed by atoms with Gasteiger partial charge in [-0.3, -0.25) is 4.68 Å². The van der Waals surface area contributed by atoms with Gasteiger partial charge in [0.2, 0.25) is 5.95 Å². The number of hydrogen-bond acceptors (Lipinski definition) is 7. The molecule has 0 radical (unpaired) electrons. The first-order valence-corrected chi connectivity index (χ1v) is 11.2. The highest BCUT2D eigenvalue weighted by molar-refractivity contribution is 5.81. The minimum absolute atomic E-state index is 0.0825. The molecular formula is C23H31N7O2. The molecule has 3 aromatic heterocycles. The summed E-state index contributed by atoms with van der Waals surface area (Å²) in [5.41, 5.74) is 3.46. The predicted octanol–water partition coefficient (Wildman–Crippen LogP) is 3.36. The van der Waals surface area contributed by atoms with Gasteiger partial charge in [-0.05, 0) is 45.6 Å². The zero-order valence-corrected chi connectivity index (χ0v) is 19.0. The number of nitriles is 1. The summed E-state index contributed by atoms with van der Waals surface area (Å²) in [6.45, 7) is 5.07. The average molecular weight is 438 g/mol. The van der Waals surface area contributed by atoms with Crippen LogP contribution in [-0.2, 0) is 11.3 Å². The summed E-state index contributed by atoms with van der Waals surface area (Å²) in [7, 11) is 1.67. The van der Waals surface area contributed by atoms with E-state index in [1.54, 1.807) is 11.8 Å². The number of aryl methyl sites for hydroxylation is 1. The van der Waals surface area contributed by atoms with E-state index in [0.717, 1.165) is 48.0 Å². The lowest BCUT2D eigenvalue weighted by molar-refractivity contribution is 0.0167. The highest BCUT2D eigenvalue weighted by atomic mass is 16.5. The molecule has 1 aliphatic rings. The summed E-state index contributed by atoms with van der Waals surface area (Å²) in [4.78, 5) is 4.54. The maximum absolute atomic E-state index is 10.4. The maximum atomic E-state index is 10.4. The van der Waals surface area contributed by atoms with E-state index in [2.05, 4.69) is 27.5 Å². The third kappa shape index (κ3) is 4.76. The normalized spacial score (nSPS) is 22.0. The molecule has 0 aliphatic heterocycles. The topological polar surface area (TPSA) is 113 Å².